The number of sulfonamides is 1. The van der Waals surface area contributed by atoms with Gasteiger partial charge < -0.3 is 9.47 Å². The van der Waals surface area contributed by atoms with Gasteiger partial charge in [-0.1, -0.05) is 6.07 Å². The van der Waals surface area contributed by atoms with Crippen LogP contribution in [0.2, 0.25) is 0 Å². The van der Waals surface area contributed by atoms with Gasteiger partial charge in [-0.2, -0.15) is 0 Å². The molecule has 0 aliphatic carbocycles. The average Bonchev–Trinajstić information content (AvgIpc) is 2.38. The maximum Gasteiger partial charge on any atom is 0.211 e. The highest BCUT2D eigenvalue weighted by Gasteiger charge is 2.08. The topological polar surface area (TPSA) is 64.6 Å². The number of nitrogens with one attached hydrogen (secondary N) is 1. The van der Waals surface area contributed by atoms with Crippen molar-refractivity contribution in [1.29, 1.82) is 0 Å². The molecule has 102 valence electrons. The first-order valence-electron chi connectivity index (χ1n) is 5.70. The summed E-state index contributed by atoms with van der Waals surface area (Å²) in [7, 11) is 0.0274. The zero-order chi connectivity index (χ0) is 13.6. The molecule has 0 radical (unpaired) electrons. The van der Waals surface area contributed by atoms with Crippen LogP contribution in [0.25, 0.3) is 0 Å². The summed E-state index contributed by atoms with van der Waals surface area (Å²) in [4.78, 5) is 0. The second kappa shape index (κ2) is 6.61. The van der Waals surface area contributed by atoms with Gasteiger partial charge in [0, 0.05) is 12.6 Å². The van der Waals surface area contributed by atoms with Gasteiger partial charge >= 0.3 is 0 Å². The normalized spacial score (nSPS) is 11.3. The monoisotopic (exact) mass is 273 g/mol. The summed E-state index contributed by atoms with van der Waals surface area (Å²) >= 11 is 0. The van der Waals surface area contributed by atoms with Gasteiger partial charge in [0.15, 0.2) is 0 Å². The Morgan fingerprint density at radius 3 is 2.50 bits per heavy atom. The molecule has 0 bridgehead atoms. The summed E-state index contributed by atoms with van der Waals surface area (Å²) in [5, 5.41) is 0. The minimum Gasteiger partial charge on any atom is -0.497 e. The number of ether oxygens (including phenoxy) is 2. The van der Waals surface area contributed by atoms with Crippen molar-refractivity contribution in [2.75, 3.05) is 26.5 Å². The van der Waals surface area contributed by atoms with Crippen molar-refractivity contribution in [1.82, 2.24) is 4.72 Å². The molecule has 0 aliphatic rings. The van der Waals surface area contributed by atoms with Crippen molar-refractivity contribution < 1.29 is 17.9 Å². The highest BCUT2D eigenvalue weighted by Crippen LogP contribution is 2.24. The molecule has 1 N–H and O–H groups in total. The van der Waals surface area contributed by atoms with Crippen molar-refractivity contribution in [3.63, 3.8) is 0 Å². The van der Waals surface area contributed by atoms with Crippen LogP contribution in [-0.2, 0) is 16.4 Å². The third-order valence-corrected chi connectivity index (χ3v) is 3.99. The highest BCUT2D eigenvalue weighted by atomic mass is 32.2. The Kier molecular flexibility index (Phi) is 5.43. The van der Waals surface area contributed by atoms with E-state index in [9.17, 15) is 8.42 Å². The van der Waals surface area contributed by atoms with Gasteiger partial charge in [-0.05, 0) is 25.0 Å². The van der Waals surface area contributed by atoms with E-state index in [1.807, 2.05) is 12.1 Å². The van der Waals surface area contributed by atoms with Crippen LogP contribution >= 0.6 is 0 Å². The molecule has 1 aromatic carbocycles. The van der Waals surface area contributed by atoms with E-state index in [1.54, 1.807) is 27.2 Å². The zero-order valence-corrected chi connectivity index (χ0v) is 11.7. The van der Waals surface area contributed by atoms with Crippen molar-refractivity contribution in [3.05, 3.63) is 23.8 Å². The van der Waals surface area contributed by atoms with Crippen LogP contribution in [0.15, 0.2) is 18.2 Å². The van der Waals surface area contributed by atoms with E-state index in [2.05, 4.69) is 4.72 Å². The van der Waals surface area contributed by atoms with Crippen LogP contribution in [0.3, 0.4) is 0 Å². The second-order valence-electron chi connectivity index (χ2n) is 3.73. The van der Waals surface area contributed by atoms with Crippen LogP contribution in [0.1, 0.15) is 12.5 Å². The lowest BCUT2D eigenvalue weighted by Crippen LogP contribution is -2.27. The fourth-order valence-corrected chi connectivity index (χ4v) is 2.12. The predicted octanol–water partition coefficient (Wildman–Crippen LogP) is 1.19. The molecule has 1 rings (SSSR count). The third-order valence-electron chi connectivity index (χ3n) is 2.59. The molecule has 1 aromatic rings. The Labute approximate surface area is 108 Å². The number of hydrogen-bond acceptors (Lipinski definition) is 4. The second-order valence-corrected chi connectivity index (χ2v) is 5.82. The van der Waals surface area contributed by atoms with Gasteiger partial charge in [0.1, 0.15) is 11.5 Å². The number of benzene rings is 1. The molecule has 0 aromatic heterocycles. The number of methoxy groups -OCH3 is 2. The first-order valence-corrected chi connectivity index (χ1v) is 7.36. The van der Waals surface area contributed by atoms with Gasteiger partial charge in [0.25, 0.3) is 0 Å². The van der Waals surface area contributed by atoms with Crippen LogP contribution in [0.4, 0.5) is 0 Å². The Hall–Kier alpha value is -1.27. The Morgan fingerprint density at radius 1 is 1.22 bits per heavy atom. The zero-order valence-electron chi connectivity index (χ0n) is 10.9. The molecule has 0 heterocycles. The molecule has 0 aliphatic heterocycles. The third kappa shape index (κ3) is 4.19. The van der Waals surface area contributed by atoms with Crippen LogP contribution < -0.4 is 14.2 Å². The molecular formula is C12H19NO4S. The fourth-order valence-electron chi connectivity index (χ4n) is 1.50. The molecule has 0 saturated heterocycles. The minimum atomic E-state index is -3.14. The summed E-state index contributed by atoms with van der Waals surface area (Å²) in [6, 6.07) is 5.48. The maximum absolute atomic E-state index is 11.3. The van der Waals surface area contributed by atoms with Gasteiger partial charge in [-0.3, -0.25) is 0 Å². The molecule has 0 spiro atoms. The maximum atomic E-state index is 11.3. The SMILES string of the molecule is CCS(=O)(=O)NCCc1ccc(OC)cc1OC. The lowest BCUT2D eigenvalue weighted by molar-refractivity contribution is 0.391. The van der Waals surface area contributed by atoms with Crippen molar-refractivity contribution in [2.24, 2.45) is 0 Å². The van der Waals surface area contributed by atoms with Crippen molar-refractivity contribution in [2.45, 2.75) is 13.3 Å². The molecule has 0 atom stereocenters. The Balaban J connectivity index is 2.67. The van der Waals surface area contributed by atoms with E-state index in [4.69, 9.17) is 9.47 Å². The van der Waals surface area contributed by atoms with Crippen molar-refractivity contribution in [3.8, 4) is 11.5 Å². The van der Waals surface area contributed by atoms with Gasteiger partial charge in [0.2, 0.25) is 10.0 Å². The van der Waals surface area contributed by atoms with Crippen LogP contribution in [0, 0.1) is 0 Å². The predicted molar refractivity (Wildman–Crippen MR) is 70.7 cm³/mol. The van der Waals surface area contributed by atoms with E-state index in [1.165, 1.54) is 0 Å². The van der Waals surface area contributed by atoms with Crippen LogP contribution in [0.5, 0.6) is 11.5 Å². The molecule has 18 heavy (non-hydrogen) atoms. The molecule has 0 amide bonds. The number of hydrogen-bond donors (Lipinski definition) is 1. The quantitative estimate of drug-likeness (QED) is 0.810. The first kappa shape index (κ1) is 14.8. The highest BCUT2D eigenvalue weighted by molar-refractivity contribution is 7.89. The lowest BCUT2D eigenvalue weighted by Gasteiger charge is -2.10. The van der Waals surface area contributed by atoms with E-state index >= 15 is 0 Å². The van der Waals surface area contributed by atoms with Crippen LogP contribution in [-0.4, -0.2) is 34.9 Å². The summed E-state index contributed by atoms with van der Waals surface area (Å²) in [5.41, 5.74) is 0.942. The molecule has 0 fully saturated rings. The van der Waals surface area contributed by atoms with E-state index < -0.39 is 10.0 Å². The summed E-state index contributed by atoms with van der Waals surface area (Å²) in [6.07, 6.45) is 0.576. The Bertz CT molecular complexity index is 485. The van der Waals surface area contributed by atoms with Gasteiger partial charge in [-0.25, -0.2) is 13.1 Å². The smallest absolute Gasteiger partial charge is 0.211 e. The lowest BCUT2D eigenvalue weighted by atomic mass is 10.1. The first-order chi connectivity index (χ1) is 8.52. The summed E-state index contributed by atoms with van der Waals surface area (Å²) in [6.45, 7) is 1.97. The van der Waals surface area contributed by atoms with E-state index in [0.29, 0.717) is 24.5 Å². The fraction of sp³-hybridized carbons (Fsp3) is 0.500. The van der Waals surface area contributed by atoms with Gasteiger partial charge in [-0.15, -0.1) is 0 Å². The van der Waals surface area contributed by atoms with Crippen molar-refractivity contribution >= 4 is 10.0 Å². The van der Waals surface area contributed by atoms with Gasteiger partial charge in [0.05, 0.1) is 20.0 Å². The average molecular weight is 273 g/mol. The van der Waals surface area contributed by atoms with E-state index in [-0.39, 0.29) is 5.75 Å². The molecule has 5 nitrogen and oxygen atoms in total. The standard InChI is InChI=1S/C12H19NO4S/c1-4-18(14,15)13-8-7-10-5-6-11(16-2)9-12(10)17-3/h5-6,9,13H,4,7-8H2,1-3H3. The Morgan fingerprint density at radius 2 is 1.94 bits per heavy atom. The largest absolute Gasteiger partial charge is 0.497 e. The minimum absolute atomic E-state index is 0.0900. The molecular weight excluding hydrogens is 254 g/mol. The molecule has 0 unspecified atom stereocenters. The summed E-state index contributed by atoms with van der Waals surface area (Å²) in [5.74, 6) is 1.50. The number of rotatable bonds is 7. The molecule has 6 heteroatoms. The summed E-state index contributed by atoms with van der Waals surface area (Å²) < 4.78 is 35.4. The van der Waals surface area contributed by atoms with E-state index in [0.717, 1.165) is 5.56 Å². The molecule has 0 saturated carbocycles.